The molecule has 25 heavy (non-hydrogen) atoms. The lowest BCUT2D eigenvalue weighted by atomic mass is 10.1. The fraction of sp³-hybridized carbons (Fsp3) is 0.421. The number of amides is 1. The fourth-order valence-electron chi connectivity index (χ4n) is 2.77. The van der Waals surface area contributed by atoms with Crippen LogP contribution in [0, 0.1) is 20.8 Å². The van der Waals surface area contributed by atoms with E-state index in [1.54, 1.807) is 0 Å². The topological polar surface area (TPSA) is 67.4 Å². The van der Waals surface area contributed by atoms with E-state index in [1.165, 1.54) is 5.56 Å². The van der Waals surface area contributed by atoms with Crippen LogP contribution in [0.1, 0.15) is 32.9 Å². The van der Waals surface area contributed by atoms with Crippen LogP contribution in [0.3, 0.4) is 0 Å². The quantitative estimate of drug-likeness (QED) is 0.924. The van der Waals surface area contributed by atoms with Gasteiger partial charge < -0.3 is 15.0 Å². The number of morpholine rings is 1. The zero-order valence-corrected chi connectivity index (χ0v) is 15.0. The number of nitrogens with one attached hydrogen (secondary N) is 1. The maximum absolute atomic E-state index is 12.4. The lowest BCUT2D eigenvalue weighted by Crippen LogP contribution is -2.37. The molecule has 0 aliphatic carbocycles. The van der Waals surface area contributed by atoms with Gasteiger partial charge in [0.15, 0.2) is 0 Å². The van der Waals surface area contributed by atoms with Gasteiger partial charge in [-0.05, 0) is 50.1 Å². The lowest BCUT2D eigenvalue weighted by Gasteiger charge is -2.27. The summed E-state index contributed by atoms with van der Waals surface area (Å²) in [5.74, 6) is 0.617. The molecule has 1 fully saturated rings. The van der Waals surface area contributed by atoms with Gasteiger partial charge in [-0.2, -0.15) is 0 Å². The third-order valence-electron chi connectivity index (χ3n) is 4.39. The Morgan fingerprint density at radius 2 is 1.88 bits per heavy atom. The number of hydrogen-bond acceptors (Lipinski definition) is 5. The van der Waals surface area contributed by atoms with E-state index in [-0.39, 0.29) is 5.91 Å². The summed E-state index contributed by atoms with van der Waals surface area (Å²) in [7, 11) is 0. The minimum absolute atomic E-state index is 0.0905. The van der Waals surface area contributed by atoms with Gasteiger partial charge in [-0.15, -0.1) is 0 Å². The molecule has 0 unspecified atom stereocenters. The second kappa shape index (κ2) is 7.61. The summed E-state index contributed by atoms with van der Waals surface area (Å²) in [5.41, 5.74) is 4.67. The minimum atomic E-state index is -0.0905. The Labute approximate surface area is 148 Å². The highest BCUT2D eigenvalue weighted by molar-refractivity contribution is 5.94. The summed E-state index contributed by atoms with van der Waals surface area (Å²) in [6, 6.07) is 7.64. The maximum atomic E-state index is 12.4. The van der Waals surface area contributed by atoms with Crippen molar-refractivity contribution in [1.82, 2.24) is 15.3 Å². The van der Waals surface area contributed by atoms with Gasteiger partial charge in [0.05, 0.1) is 25.5 Å². The number of aromatic nitrogens is 2. The van der Waals surface area contributed by atoms with E-state index >= 15 is 0 Å². The summed E-state index contributed by atoms with van der Waals surface area (Å²) < 4.78 is 5.37. The van der Waals surface area contributed by atoms with Crippen LogP contribution >= 0.6 is 0 Å². The number of nitrogens with zero attached hydrogens (tertiary/aromatic N) is 3. The number of carbonyl (C=O) groups is 1. The molecule has 2 aromatic rings. The van der Waals surface area contributed by atoms with Crippen LogP contribution in [0.5, 0.6) is 0 Å². The zero-order chi connectivity index (χ0) is 17.8. The summed E-state index contributed by atoms with van der Waals surface area (Å²) in [6.45, 7) is 9.33. The van der Waals surface area contributed by atoms with E-state index in [0.29, 0.717) is 31.3 Å². The number of rotatable bonds is 4. The van der Waals surface area contributed by atoms with Crippen molar-refractivity contribution in [2.45, 2.75) is 27.3 Å². The predicted molar refractivity (Wildman–Crippen MR) is 96.9 cm³/mol. The normalized spacial score (nSPS) is 14.4. The molecule has 0 saturated carbocycles. The number of carbonyl (C=O) groups excluding carboxylic acids is 1. The van der Waals surface area contributed by atoms with Crippen molar-refractivity contribution >= 4 is 11.9 Å². The van der Waals surface area contributed by atoms with E-state index in [4.69, 9.17) is 4.74 Å². The van der Waals surface area contributed by atoms with Crippen molar-refractivity contribution in [3.05, 3.63) is 52.3 Å². The average Bonchev–Trinajstić information content (AvgIpc) is 2.62. The van der Waals surface area contributed by atoms with Gasteiger partial charge in [0.25, 0.3) is 5.91 Å². The van der Waals surface area contributed by atoms with Crippen LogP contribution < -0.4 is 10.2 Å². The molecule has 2 heterocycles. The SMILES string of the molecule is Cc1cc(CNC(=O)c2ccc(C)c(C)c2)nc(N2CCOCC2)n1. The Morgan fingerprint density at radius 1 is 1.12 bits per heavy atom. The molecule has 1 N–H and O–H groups in total. The van der Waals surface area contributed by atoms with E-state index in [9.17, 15) is 4.79 Å². The van der Waals surface area contributed by atoms with E-state index in [1.807, 2.05) is 45.0 Å². The molecule has 1 saturated heterocycles. The Hall–Kier alpha value is -2.47. The highest BCUT2D eigenvalue weighted by Gasteiger charge is 2.15. The molecular formula is C19H24N4O2. The Kier molecular flexibility index (Phi) is 5.28. The summed E-state index contributed by atoms with van der Waals surface area (Å²) >= 11 is 0. The highest BCUT2D eigenvalue weighted by atomic mass is 16.5. The van der Waals surface area contributed by atoms with Gasteiger partial charge >= 0.3 is 0 Å². The molecular weight excluding hydrogens is 316 g/mol. The first-order valence-corrected chi connectivity index (χ1v) is 8.55. The molecule has 1 aromatic heterocycles. The second-order valence-corrected chi connectivity index (χ2v) is 6.38. The minimum Gasteiger partial charge on any atom is -0.378 e. The Morgan fingerprint density at radius 3 is 2.60 bits per heavy atom. The molecule has 132 valence electrons. The molecule has 3 rings (SSSR count). The monoisotopic (exact) mass is 340 g/mol. The van der Waals surface area contributed by atoms with Crippen LogP contribution in [0.15, 0.2) is 24.3 Å². The van der Waals surface area contributed by atoms with Crippen molar-refractivity contribution in [3.63, 3.8) is 0 Å². The summed E-state index contributed by atoms with van der Waals surface area (Å²) in [4.78, 5) is 23.6. The zero-order valence-electron chi connectivity index (χ0n) is 15.0. The van der Waals surface area contributed by atoms with E-state index in [0.717, 1.165) is 30.0 Å². The van der Waals surface area contributed by atoms with Crippen LogP contribution in [0.2, 0.25) is 0 Å². The summed E-state index contributed by atoms with van der Waals surface area (Å²) in [5, 5.41) is 2.95. The molecule has 1 aliphatic heterocycles. The van der Waals surface area contributed by atoms with Gasteiger partial charge in [0, 0.05) is 24.3 Å². The lowest BCUT2D eigenvalue weighted by molar-refractivity contribution is 0.0950. The first-order chi connectivity index (χ1) is 12.0. The third kappa shape index (κ3) is 4.33. The molecule has 1 aliphatic rings. The summed E-state index contributed by atoms with van der Waals surface area (Å²) in [6.07, 6.45) is 0. The third-order valence-corrected chi connectivity index (χ3v) is 4.39. The van der Waals surface area contributed by atoms with Gasteiger partial charge in [-0.1, -0.05) is 6.07 Å². The number of ether oxygens (including phenoxy) is 1. The molecule has 1 aromatic carbocycles. The van der Waals surface area contributed by atoms with Gasteiger partial charge in [0.2, 0.25) is 5.95 Å². The predicted octanol–water partition coefficient (Wildman–Crippen LogP) is 2.17. The highest BCUT2D eigenvalue weighted by Crippen LogP contribution is 2.13. The van der Waals surface area contributed by atoms with E-state index < -0.39 is 0 Å². The first kappa shape index (κ1) is 17.4. The maximum Gasteiger partial charge on any atom is 0.251 e. The van der Waals surface area contributed by atoms with Crippen LogP contribution in [0.25, 0.3) is 0 Å². The number of benzene rings is 1. The van der Waals surface area contributed by atoms with Crippen molar-refractivity contribution in [1.29, 1.82) is 0 Å². The Bertz CT molecular complexity index is 770. The average molecular weight is 340 g/mol. The smallest absolute Gasteiger partial charge is 0.251 e. The van der Waals surface area contributed by atoms with Gasteiger partial charge in [0.1, 0.15) is 0 Å². The molecule has 0 atom stereocenters. The molecule has 6 nitrogen and oxygen atoms in total. The largest absolute Gasteiger partial charge is 0.378 e. The number of anilines is 1. The van der Waals surface area contributed by atoms with Crippen LogP contribution in [0.4, 0.5) is 5.95 Å². The molecule has 1 amide bonds. The van der Waals surface area contributed by atoms with E-state index in [2.05, 4.69) is 20.2 Å². The van der Waals surface area contributed by atoms with Crippen molar-refractivity contribution in [2.75, 3.05) is 31.2 Å². The first-order valence-electron chi connectivity index (χ1n) is 8.55. The number of hydrogen-bond donors (Lipinski definition) is 1. The molecule has 0 bridgehead atoms. The molecule has 0 radical (unpaired) electrons. The van der Waals surface area contributed by atoms with Gasteiger partial charge in [-0.3, -0.25) is 4.79 Å². The molecule has 6 heteroatoms. The number of aryl methyl sites for hydroxylation is 3. The second-order valence-electron chi connectivity index (χ2n) is 6.38. The molecule has 0 spiro atoms. The van der Waals surface area contributed by atoms with Crippen LogP contribution in [-0.2, 0) is 11.3 Å². The Balaban J connectivity index is 1.68. The van der Waals surface area contributed by atoms with Gasteiger partial charge in [-0.25, -0.2) is 9.97 Å². The van der Waals surface area contributed by atoms with Crippen molar-refractivity contribution in [2.24, 2.45) is 0 Å². The van der Waals surface area contributed by atoms with Crippen molar-refractivity contribution in [3.8, 4) is 0 Å². The van der Waals surface area contributed by atoms with Crippen molar-refractivity contribution < 1.29 is 9.53 Å². The van der Waals surface area contributed by atoms with Crippen LogP contribution in [-0.4, -0.2) is 42.2 Å². The fourth-order valence-corrected chi connectivity index (χ4v) is 2.77. The standard InChI is InChI=1S/C19H24N4O2/c1-13-4-5-16(10-14(13)2)18(24)20-12-17-11-15(3)21-19(22-17)23-6-8-25-9-7-23/h4-5,10-11H,6-9,12H2,1-3H3,(H,20,24).